The molecule has 1 fully saturated rings. The predicted octanol–water partition coefficient (Wildman–Crippen LogP) is 2.42. The van der Waals surface area contributed by atoms with Crippen LogP contribution < -0.4 is 10.2 Å². The van der Waals surface area contributed by atoms with Gasteiger partial charge in [-0.15, -0.1) is 11.3 Å². The van der Waals surface area contributed by atoms with Gasteiger partial charge in [0, 0.05) is 36.8 Å². The Morgan fingerprint density at radius 3 is 3.00 bits per heavy atom. The van der Waals surface area contributed by atoms with Gasteiger partial charge < -0.3 is 15.1 Å². The maximum atomic E-state index is 4.64. The molecule has 0 bridgehead atoms. The molecule has 2 heterocycles. The predicted molar refractivity (Wildman–Crippen MR) is 87.6 cm³/mol. The highest BCUT2D eigenvalue weighted by Gasteiger charge is 2.27. The summed E-state index contributed by atoms with van der Waals surface area (Å²) in [6.45, 7) is 8.77. The van der Waals surface area contributed by atoms with Gasteiger partial charge in [0.15, 0.2) is 5.13 Å². The molecule has 4 nitrogen and oxygen atoms in total. The quantitative estimate of drug-likeness (QED) is 0.837. The first-order valence-electron chi connectivity index (χ1n) is 7.63. The third kappa shape index (κ3) is 4.43. The fraction of sp³-hybridized carbons (Fsp3) is 0.800. The van der Waals surface area contributed by atoms with Crippen molar-refractivity contribution in [1.82, 2.24) is 15.2 Å². The number of likely N-dealkylation sites (N-methyl/N-ethyl adjacent to an activating group) is 1. The number of anilines is 1. The zero-order valence-electron chi connectivity index (χ0n) is 13.2. The van der Waals surface area contributed by atoms with Gasteiger partial charge in [-0.05, 0) is 39.4 Å². The van der Waals surface area contributed by atoms with Crippen molar-refractivity contribution in [3.8, 4) is 0 Å². The van der Waals surface area contributed by atoms with Gasteiger partial charge in [0.2, 0.25) is 0 Å². The van der Waals surface area contributed by atoms with E-state index >= 15 is 0 Å². The molecule has 0 spiro atoms. The Hall–Kier alpha value is -0.650. The van der Waals surface area contributed by atoms with E-state index in [0.29, 0.717) is 12.0 Å². The molecule has 5 heteroatoms. The molecule has 1 atom stereocenters. The van der Waals surface area contributed by atoms with Crippen LogP contribution in [0.2, 0.25) is 0 Å². The maximum absolute atomic E-state index is 4.64. The molecular formula is C15H28N4S. The number of hydrogen-bond acceptors (Lipinski definition) is 5. The topological polar surface area (TPSA) is 31.4 Å². The molecule has 1 unspecified atom stereocenters. The Morgan fingerprint density at radius 2 is 2.30 bits per heavy atom. The fourth-order valence-corrected chi connectivity index (χ4v) is 3.67. The highest BCUT2D eigenvalue weighted by atomic mass is 32.1. The van der Waals surface area contributed by atoms with Crippen molar-refractivity contribution in [3.05, 3.63) is 11.1 Å². The van der Waals surface area contributed by atoms with Gasteiger partial charge in [0.25, 0.3) is 0 Å². The normalized spacial score (nSPS) is 19.5. The number of hydrogen-bond donors (Lipinski definition) is 1. The van der Waals surface area contributed by atoms with Crippen molar-refractivity contribution in [1.29, 1.82) is 0 Å². The number of nitrogens with one attached hydrogen (secondary N) is 1. The first-order valence-corrected chi connectivity index (χ1v) is 8.44. The summed E-state index contributed by atoms with van der Waals surface area (Å²) < 4.78 is 0. The summed E-state index contributed by atoms with van der Waals surface area (Å²) in [4.78, 5) is 10.8. The minimum atomic E-state index is 0.632. The molecule has 0 amide bonds. The van der Waals surface area contributed by atoms with Crippen molar-refractivity contribution in [2.45, 2.75) is 39.3 Å². The molecule has 20 heavy (non-hydrogen) atoms. The Labute approximate surface area is 127 Å². The van der Waals surface area contributed by atoms with Crippen molar-refractivity contribution >= 4 is 16.5 Å². The lowest BCUT2D eigenvalue weighted by atomic mass is 10.2. The standard InChI is InChI=1S/C15H28N4S/c1-12(2)8-16-9-14-10-17-15(20-14)19-7-5-6-13(19)11-18(3)4/h10,12-13,16H,5-9,11H2,1-4H3. The number of nitrogens with zero attached hydrogens (tertiary/aromatic N) is 3. The summed E-state index contributed by atoms with van der Waals surface area (Å²) in [6.07, 6.45) is 4.62. The van der Waals surface area contributed by atoms with Crippen LogP contribution in [0.15, 0.2) is 6.20 Å². The van der Waals surface area contributed by atoms with Gasteiger partial charge >= 0.3 is 0 Å². The zero-order chi connectivity index (χ0) is 14.5. The Kier molecular flexibility index (Phi) is 5.81. The van der Waals surface area contributed by atoms with Crippen molar-refractivity contribution in [2.75, 3.05) is 38.6 Å². The summed E-state index contributed by atoms with van der Waals surface area (Å²) in [5.41, 5.74) is 0. The van der Waals surface area contributed by atoms with Crippen molar-refractivity contribution < 1.29 is 0 Å². The second-order valence-electron chi connectivity index (χ2n) is 6.39. The number of rotatable bonds is 7. The summed E-state index contributed by atoms with van der Waals surface area (Å²) in [5, 5.41) is 4.70. The molecule has 0 aromatic carbocycles. The molecule has 0 saturated carbocycles. The van der Waals surface area contributed by atoms with Crippen LogP contribution in [0.25, 0.3) is 0 Å². The summed E-state index contributed by atoms with van der Waals surface area (Å²) in [7, 11) is 4.30. The van der Waals surface area contributed by atoms with Crippen LogP contribution in [0.3, 0.4) is 0 Å². The average molecular weight is 296 g/mol. The minimum Gasteiger partial charge on any atom is -0.344 e. The average Bonchev–Trinajstić information content (AvgIpc) is 2.96. The molecule has 1 N–H and O–H groups in total. The van der Waals surface area contributed by atoms with Gasteiger partial charge in [0.1, 0.15) is 0 Å². The lowest BCUT2D eigenvalue weighted by Gasteiger charge is -2.26. The summed E-state index contributed by atoms with van der Waals surface area (Å²) >= 11 is 1.85. The van der Waals surface area contributed by atoms with Crippen LogP contribution >= 0.6 is 11.3 Å². The zero-order valence-corrected chi connectivity index (χ0v) is 14.0. The number of thiazole rings is 1. The van der Waals surface area contributed by atoms with Crippen molar-refractivity contribution in [2.24, 2.45) is 5.92 Å². The number of aromatic nitrogens is 1. The third-order valence-electron chi connectivity index (χ3n) is 3.59. The Morgan fingerprint density at radius 1 is 1.50 bits per heavy atom. The summed E-state index contributed by atoms with van der Waals surface area (Å²) in [5.74, 6) is 0.699. The van der Waals surface area contributed by atoms with E-state index in [0.717, 1.165) is 26.2 Å². The van der Waals surface area contributed by atoms with E-state index in [2.05, 4.69) is 48.0 Å². The lowest BCUT2D eigenvalue weighted by molar-refractivity contribution is 0.372. The van der Waals surface area contributed by atoms with E-state index in [1.165, 1.54) is 22.9 Å². The van der Waals surface area contributed by atoms with Gasteiger partial charge in [-0.2, -0.15) is 0 Å². The molecular weight excluding hydrogens is 268 g/mol. The lowest BCUT2D eigenvalue weighted by Crippen LogP contribution is -2.37. The largest absolute Gasteiger partial charge is 0.344 e. The molecule has 0 radical (unpaired) electrons. The third-order valence-corrected chi connectivity index (χ3v) is 4.63. The van der Waals surface area contributed by atoms with E-state index in [-0.39, 0.29) is 0 Å². The Bertz CT molecular complexity index is 402. The second-order valence-corrected chi connectivity index (χ2v) is 7.48. The molecule has 1 aromatic heterocycles. The highest BCUT2D eigenvalue weighted by molar-refractivity contribution is 7.15. The van der Waals surface area contributed by atoms with Crippen molar-refractivity contribution in [3.63, 3.8) is 0 Å². The monoisotopic (exact) mass is 296 g/mol. The van der Waals surface area contributed by atoms with Crippen LogP contribution in [0, 0.1) is 5.92 Å². The molecule has 1 saturated heterocycles. The summed E-state index contributed by atoms with van der Waals surface area (Å²) in [6, 6.07) is 0.632. The molecule has 1 aromatic rings. The van der Waals surface area contributed by atoms with E-state index in [1.54, 1.807) is 0 Å². The first kappa shape index (κ1) is 15.7. The van der Waals surface area contributed by atoms with E-state index in [4.69, 9.17) is 0 Å². The van der Waals surface area contributed by atoms with Crippen LogP contribution in [0.5, 0.6) is 0 Å². The van der Waals surface area contributed by atoms with E-state index < -0.39 is 0 Å². The van der Waals surface area contributed by atoms with Crippen LogP contribution in [-0.4, -0.2) is 49.7 Å². The fourth-order valence-electron chi connectivity index (χ4n) is 2.69. The highest BCUT2D eigenvalue weighted by Crippen LogP contribution is 2.29. The van der Waals surface area contributed by atoms with Crippen LogP contribution in [0.4, 0.5) is 5.13 Å². The molecule has 1 aliphatic rings. The van der Waals surface area contributed by atoms with E-state index in [1.807, 2.05) is 17.5 Å². The van der Waals surface area contributed by atoms with E-state index in [9.17, 15) is 0 Å². The van der Waals surface area contributed by atoms with Crippen LogP contribution in [-0.2, 0) is 6.54 Å². The smallest absolute Gasteiger partial charge is 0.185 e. The van der Waals surface area contributed by atoms with Gasteiger partial charge in [-0.25, -0.2) is 4.98 Å². The molecule has 2 rings (SSSR count). The van der Waals surface area contributed by atoms with Gasteiger partial charge in [0.05, 0.1) is 0 Å². The van der Waals surface area contributed by atoms with Gasteiger partial charge in [-0.1, -0.05) is 13.8 Å². The first-order chi connectivity index (χ1) is 9.56. The van der Waals surface area contributed by atoms with Crippen LogP contribution in [0.1, 0.15) is 31.6 Å². The second kappa shape index (κ2) is 7.38. The Balaban J connectivity index is 1.90. The molecule has 0 aliphatic carbocycles. The van der Waals surface area contributed by atoms with Gasteiger partial charge in [-0.3, -0.25) is 0 Å². The molecule has 114 valence electrons. The minimum absolute atomic E-state index is 0.632. The SMILES string of the molecule is CC(C)CNCc1cnc(N2CCCC2CN(C)C)s1. The maximum Gasteiger partial charge on any atom is 0.185 e. The molecule has 1 aliphatic heterocycles.